The van der Waals surface area contributed by atoms with E-state index in [-0.39, 0.29) is 5.92 Å². The molecule has 7 aromatic carbocycles. The van der Waals surface area contributed by atoms with Gasteiger partial charge in [-0.2, -0.15) is 0 Å². The quantitative estimate of drug-likeness (QED) is 0.107. The second-order valence-electron chi connectivity index (χ2n) is 14.5. The van der Waals surface area contributed by atoms with E-state index in [1.54, 1.807) is 0 Å². The zero-order valence-corrected chi connectivity index (χ0v) is 32.5. The molecule has 0 saturated heterocycles. The van der Waals surface area contributed by atoms with Crippen molar-refractivity contribution >= 4 is 35.1 Å². The van der Waals surface area contributed by atoms with Gasteiger partial charge in [-0.1, -0.05) is 226 Å². The minimum Gasteiger partial charge on any atom is -0.305 e. The topological polar surface area (TPSA) is 14.0 Å². The fourth-order valence-electron chi connectivity index (χ4n) is 8.08. The summed E-state index contributed by atoms with van der Waals surface area (Å²) < 4.78 is 4.60. The minimum atomic E-state index is -3.03. The van der Waals surface area contributed by atoms with Gasteiger partial charge in [0, 0.05) is 32.6 Å². The summed E-state index contributed by atoms with van der Waals surface area (Å²) >= 11 is 0. The van der Waals surface area contributed by atoms with E-state index < -0.39 is 8.24 Å². The summed E-state index contributed by atoms with van der Waals surface area (Å²) in [7, 11) is -3.03. The molecule has 0 amide bonds. The van der Waals surface area contributed by atoms with Crippen molar-refractivity contribution in [3.63, 3.8) is 0 Å². The smallest absolute Gasteiger partial charge is 0.305 e. The van der Waals surface area contributed by atoms with Gasteiger partial charge in [0.05, 0.1) is 5.57 Å². The first-order valence-corrected chi connectivity index (χ1v) is 21.3. The molecular formula is C53H46NSi+. The molecule has 55 heavy (non-hydrogen) atoms. The van der Waals surface area contributed by atoms with Crippen LogP contribution in [0.25, 0.3) is 5.57 Å². The van der Waals surface area contributed by atoms with E-state index in [4.69, 9.17) is 0 Å². The van der Waals surface area contributed by atoms with Crippen LogP contribution in [-0.4, -0.2) is 13.9 Å². The standard InChI is InChI=1S/C53H45NSi/c1-40(2)45-38-49(51(41-24-10-3-11-25-41)42-26-12-4-13-27-42)53(50(39-45)52(43-28-14-5-15-29-43)44-30-16-6-17-31-44)54-55(46-32-18-7-19-33-46,47-34-20-8-21-35-47)48-36-22-9-23-37-48/h3-40,51H,1-2H3/p+1. The number of nitrogens with one attached hydrogen (secondary N) is 1. The highest BCUT2D eigenvalue weighted by atomic mass is 28.3. The molecule has 0 unspecified atom stereocenters. The molecule has 0 heterocycles. The van der Waals surface area contributed by atoms with Crippen LogP contribution in [0, 0.1) is 5.92 Å². The third-order valence-electron chi connectivity index (χ3n) is 10.8. The van der Waals surface area contributed by atoms with Gasteiger partial charge in [-0.05, 0) is 45.9 Å². The summed E-state index contributed by atoms with van der Waals surface area (Å²) in [4.78, 5) is 0. The van der Waals surface area contributed by atoms with Crippen LogP contribution in [0.3, 0.4) is 0 Å². The van der Waals surface area contributed by atoms with Crippen LogP contribution in [0.5, 0.6) is 0 Å². The maximum absolute atomic E-state index is 4.60. The molecule has 0 bridgehead atoms. The molecule has 1 nitrogen and oxygen atoms in total. The lowest BCUT2D eigenvalue weighted by atomic mass is 9.75. The first-order chi connectivity index (χ1) is 27.1. The predicted molar refractivity (Wildman–Crippen MR) is 235 cm³/mol. The average molecular weight is 725 g/mol. The summed E-state index contributed by atoms with van der Waals surface area (Å²) in [5.41, 5.74) is 11.0. The van der Waals surface area contributed by atoms with Crippen LogP contribution in [0.4, 0.5) is 0 Å². The summed E-state index contributed by atoms with van der Waals surface area (Å²) in [6.07, 6.45) is 4.97. The fraction of sp³-hybridized carbons (Fsp3) is 0.0755. The lowest BCUT2D eigenvalue weighted by molar-refractivity contribution is -0.295. The van der Waals surface area contributed by atoms with Crippen molar-refractivity contribution in [3.05, 3.63) is 263 Å². The third kappa shape index (κ3) is 7.30. The molecule has 0 spiro atoms. The molecule has 8 rings (SSSR count). The highest BCUT2D eigenvalue weighted by Gasteiger charge is 2.51. The van der Waals surface area contributed by atoms with Gasteiger partial charge in [-0.3, -0.25) is 0 Å². The van der Waals surface area contributed by atoms with E-state index in [0.29, 0.717) is 5.92 Å². The predicted octanol–water partition coefficient (Wildman–Crippen LogP) is 9.03. The third-order valence-corrected chi connectivity index (χ3v) is 15.0. The molecule has 2 heteroatoms. The Bertz CT molecular complexity index is 2270. The fourth-order valence-corrected chi connectivity index (χ4v) is 12.2. The van der Waals surface area contributed by atoms with Gasteiger partial charge in [0.2, 0.25) is 0 Å². The van der Waals surface area contributed by atoms with Crippen LogP contribution in [0.15, 0.2) is 241 Å². The Morgan fingerprint density at radius 1 is 0.418 bits per heavy atom. The highest BCUT2D eigenvalue weighted by Crippen LogP contribution is 2.40. The zero-order valence-electron chi connectivity index (χ0n) is 31.5. The summed E-state index contributed by atoms with van der Waals surface area (Å²) in [5.74, 6) is 0.259. The van der Waals surface area contributed by atoms with Crippen LogP contribution >= 0.6 is 0 Å². The van der Waals surface area contributed by atoms with Gasteiger partial charge in [-0.15, -0.1) is 0 Å². The van der Waals surface area contributed by atoms with Crippen molar-refractivity contribution in [2.45, 2.75) is 19.8 Å². The zero-order chi connectivity index (χ0) is 37.5. The Balaban J connectivity index is 1.58. The second kappa shape index (κ2) is 16.3. The molecule has 0 aliphatic heterocycles. The first-order valence-electron chi connectivity index (χ1n) is 19.3. The van der Waals surface area contributed by atoms with Crippen molar-refractivity contribution in [1.82, 2.24) is 0 Å². The SMILES string of the molecule is CC(C)C1=CC(=C(c2ccccc2)c2ccccc2)C(=[NH+][Si](c2ccccc2)(c2ccccc2)c2ccccc2)C(C(c2ccccc2)c2ccccc2)=C1. The van der Waals surface area contributed by atoms with E-state index in [1.165, 1.54) is 60.1 Å². The van der Waals surface area contributed by atoms with E-state index in [2.05, 4.69) is 243 Å². The van der Waals surface area contributed by atoms with E-state index in [0.717, 1.165) is 5.71 Å². The van der Waals surface area contributed by atoms with Crippen molar-refractivity contribution in [2.24, 2.45) is 5.92 Å². The first kappa shape index (κ1) is 35.7. The maximum atomic E-state index is 4.60. The van der Waals surface area contributed by atoms with Crippen LogP contribution in [-0.2, 0) is 0 Å². The van der Waals surface area contributed by atoms with Crippen molar-refractivity contribution in [2.75, 3.05) is 0 Å². The Morgan fingerprint density at radius 2 is 0.764 bits per heavy atom. The second-order valence-corrected chi connectivity index (χ2v) is 18.0. The Labute approximate surface area is 327 Å². The maximum Gasteiger partial charge on any atom is 0.455 e. The Morgan fingerprint density at radius 3 is 1.13 bits per heavy atom. The number of rotatable bonds is 10. The van der Waals surface area contributed by atoms with E-state index in [9.17, 15) is 0 Å². The monoisotopic (exact) mass is 724 g/mol. The van der Waals surface area contributed by atoms with Crippen molar-refractivity contribution in [3.8, 4) is 0 Å². The van der Waals surface area contributed by atoms with Crippen molar-refractivity contribution in [1.29, 1.82) is 0 Å². The lowest BCUT2D eigenvalue weighted by Crippen LogP contribution is -3.04. The molecule has 1 N–H and O–H groups in total. The Kier molecular flexibility index (Phi) is 10.6. The van der Waals surface area contributed by atoms with Crippen LogP contribution in [0.2, 0.25) is 0 Å². The molecule has 0 atom stereocenters. The molecule has 0 radical (unpaired) electrons. The van der Waals surface area contributed by atoms with E-state index >= 15 is 0 Å². The molecule has 1 aliphatic rings. The molecule has 266 valence electrons. The lowest BCUT2D eigenvalue weighted by Gasteiger charge is -2.30. The van der Waals surface area contributed by atoms with Gasteiger partial charge >= 0.3 is 8.24 Å². The van der Waals surface area contributed by atoms with Gasteiger partial charge < -0.3 is 4.66 Å². The van der Waals surface area contributed by atoms with Gasteiger partial charge in [0.25, 0.3) is 0 Å². The highest BCUT2D eigenvalue weighted by molar-refractivity contribution is 7.05. The summed E-state index contributed by atoms with van der Waals surface area (Å²) in [6.45, 7) is 4.63. The minimum absolute atomic E-state index is 0.0378. The number of hydrogen-bond acceptors (Lipinski definition) is 0. The van der Waals surface area contributed by atoms with Crippen molar-refractivity contribution < 1.29 is 4.66 Å². The van der Waals surface area contributed by atoms with Gasteiger partial charge in [0.1, 0.15) is 0 Å². The summed E-state index contributed by atoms with van der Waals surface area (Å²) in [5, 5.41) is 3.90. The molecule has 0 fully saturated rings. The molecule has 1 aliphatic carbocycles. The summed E-state index contributed by atoms with van der Waals surface area (Å²) in [6, 6.07) is 77.5. The largest absolute Gasteiger partial charge is 0.455 e. The van der Waals surface area contributed by atoms with Gasteiger partial charge in [-0.25, -0.2) is 0 Å². The van der Waals surface area contributed by atoms with Crippen LogP contribution < -0.4 is 20.2 Å². The molecule has 0 saturated carbocycles. The van der Waals surface area contributed by atoms with E-state index in [1.807, 2.05) is 0 Å². The van der Waals surface area contributed by atoms with Gasteiger partial charge in [0.15, 0.2) is 5.71 Å². The average Bonchev–Trinajstić information content (AvgIpc) is 3.26. The molecule has 7 aromatic rings. The number of hydrogen-bond donors (Lipinski definition) is 1. The normalized spacial score (nSPS) is 13.8. The number of allylic oxidation sites excluding steroid dienone is 5. The Hall–Kier alpha value is -6.35. The van der Waals surface area contributed by atoms with Crippen LogP contribution in [0.1, 0.15) is 42.0 Å². The molecular weight excluding hydrogens is 679 g/mol. The molecule has 0 aromatic heterocycles. The number of benzene rings is 7.